The molecule has 4 aromatic rings. The molecule has 3 aliphatic rings. The van der Waals surface area contributed by atoms with Gasteiger partial charge in [0.15, 0.2) is 5.82 Å². The number of anilines is 3. The Morgan fingerprint density at radius 1 is 0.979 bits per heavy atom. The fraction of sp³-hybridized carbons (Fsp3) is 0.429. The van der Waals surface area contributed by atoms with E-state index in [0.717, 1.165) is 74.2 Å². The van der Waals surface area contributed by atoms with E-state index < -0.39 is 0 Å². The Kier molecular flexibility index (Phi) is 8.72. The molecule has 2 aliphatic heterocycles. The monoisotopic (exact) mass is 631 g/mol. The van der Waals surface area contributed by atoms with Crippen molar-refractivity contribution in [3.63, 3.8) is 0 Å². The van der Waals surface area contributed by atoms with Crippen LogP contribution in [0.1, 0.15) is 43.2 Å². The summed E-state index contributed by atoms with van der Waals surface area (Å²) in [7, 11) is 4.05. The van der Waals surface area contributed by atoms with Gasteiger partial charge in [-0.15, -0.1) is 0 Å². The third-order valence-corrected chi connectivity index (χ3v) is 9.82. The molecule has 2 atom stereocenters. The number of amides is 2. The second-order valence-corrected chi connectivity index (χ2v) is 13.0. The Bertz CT molecular complexity index is 1730. The SMILES string of the molecule is CN1CC2CCN(c3nc(N[C@H]4CC[C@H](N(C(=O)NCc5ccccc5)c5ccc(-c6cnn(C)c6)cn5)CC4)ncc3C#N)C2C1. The molecule has 3 aromatic heterocycles. The second kappa shape index (κ2) is 13.4. The molecule has 12 nitrogen and oxygen atoms in total. The molecule has 0 radical (unpaired) electrons. The number of nitrogens with one attached hydrogen (secondary N) is 2. The normalized spacial score (nSPS) is 22.4. The zero-order valence-electron chi connectivity index (χ0n) is 27.0. The van der Waals surface area contributed by atoms with Gasteiger partial charge in [0.25, 0.3) is 0 Å². The van der Waals surface area contributed by atoms with Gasteiger partial charge in [-0.05, 0) is 62.8 Å². The van der Waals surface area contributed by atoms with Gasteiger partial charge in [-0.3, -0.25) is 9.58 Å². The molecule has 1 saturated carbocycles. The minimum atomic E-state index is -0.159. The van der Waals surface area contributed by atoms with Gasteiger partial charge in [-0.25, -0.2) is 14.8 Å². The lowest BCUT2D eigenvalue weighted by molar-refractivity contribution is 0.240. The molecular formula is C35H41N11O. The van der Waals surface area contributed by atoms with E-state index in [1.165, 1.54) is 0 Å². The van der Waals surface area contributed by atoms with E-state index >= 15 is 0 Å². The van der Waals surface area contributed by atoms with E-state index in [2.05, 4.69) is 43.6 Å². The summed E-state index contributed by atoms with van der Waals surface area (Å²) in [5.74, 6) is 2.54. The number of likely N-dealkylation sites (N-methyl/N-ethyl adjacent to an activating group) is 1. The highest BCUT2D eigenvalue weighted by atomic mass is 16.2. The lowest BCUT2D eigenvalue weighted by atomic mass is 9.90. The predicted octanol–water partition coefficient (Wildman–Crippen LogP) is 4.42. The lowest BCUT2D eigenvalue weighted by Gasteiger charge is -2.36. The Balaban J connectivity index is 1.04. The summed E-state index contributed by atoms with van der Waals surface area (Å²) >= 11 is 0. The largest absolute Gasteiger partial charge is 0.351 e. The summed E-state index contributed by atoms with van der Waals surface area (Å²) in [4.78, 5) is 34.4. The smallest absolute Gasteiger partial charge is 0.323 e. The Morgan fingerprint density at radius 3 is 2.53 bits per heavy atom. The van der Waals surface area contributed by atoms with Gasteiger partial charge < -0.3 is 20.4 Å². The van der Waals surface area contributed by atoms with E-state index in [4.69, 9.17) is 9.97 Å². The van der Waals surface area contributed by atoms with Crippen molar-refractivity contribution < 1.29 is 4.79 Å². The van der Waals surface area contributed by atoms with Crippen LogP contribution in [-0.4, -0.2) is 80.5 Å². The molecule has 7 rings (SSSR count). The van der Waals surface area contributed by atoms with Crippen molar-refractivity contribution in [3.8, 4) is 17.2 Å². The van der Waals surface area contributed by atoms with E-state index in [-0.39, 0.29) is 18.1 Å². The van der Waals surface area contributed by atoms with E-state index in [1.54, 1.807) is 10.9 Å². The van der Waals surface area contributed by atoms with Gasteiger partial charge >= 0.3 is 6.03 Å². The van der Waals surface area contributed by atoms with Crippen molar-refractivity contribution in [1.82, 2.24) is 34.9 Å². The average Bonchev–Trinajstić information content (AvgIpc) is 3.81. The molecule has 0 spiro atoms. The first-order valence-electron chi connectivity index (χ1n) is 16.5. The minimum Gasteiger partial charge on any atom is -0.351 e. The fourth-order valence-corrected chi connectivity index (χ4v) is 7.42. The van der Waals surface area contributed by atoms with Gasteiger partial charge in [0.1, 0.15) is 17.5 Å². The number of benzene rings is 1. The number of pyridine rings is 1. The third kappa shape index (κ3) is 6.62. The summed E-state index contributed by atoms with van der Waals surface area (Å²) in [6.45, 7) is 3.43. The van der Waals surface area contributed by atoms with Gasteiger partial charge in [-0.2, -0.15) is 15.3 Å². The molecule has 5 heterocycles. The van der Waals surface area contributed by atoms with Gasteiger partial charge in [0.05, 0.1) is 12.4 Å². The first kappa shape index (κ1) is 30.6. The summed E-state index contributed by atoms with van der Waals surface area (Å²) in [5, 5.41) is 20.8. The van der Waals surface area contributed by atoms with Crippen LogP contribution in [0.25, 0.3) is 11.1 Å². The molecule has 12 heteroatoms. The summed E-state index contributed by atoms with van der Waals surface area (Å²) in [6.07, 6.45) is 11.6. The zero-order valence-corrected chi connectivity index (χ0v) is 27.0. The fourth-order valence-electron chi connectivity index (χ4n) is 7.42. The number of likely N-dealkylation sites (tertiary alicyclic amines) is 1. The zero-order chi connectivity index (χ0) is 32.3. The number of aromatic nitrogens is 5. The number of urea groups is 1. The topological polar surface area (TPSA) is 131 Å². The number of carbonyl (C=O) groups is 1. The summed E-state index contributed by atoms with van der Waals surface area (Å²) < 4.78 is 1.76. The van der Waals surface area contributed by atoms with Crippen molar-refractivity contribution in [2.24, 2.45) is 13.0 Å². The number of aryl methyl sites for hydroxylation is 1. The lowest BCUT2D eigenvalue weighted by Crippen LogP contribution is -2.49. The number of nitrogens with zero attached hydrogens (tertiary/aromatic N) is 9. The predicted molar refractivity (Wildman–Crippen MR) is 181 cm³/mol. The molecule has 2 amide bonds. The molecule has 0 bridgehead atoms. The molecule has 1 aliphatic carbocycles. The number of rotatable bonds is 8. The van der Waals surface area contributed by atoms with Crippen molar-refractivity contribution >= 4 is 23.6 Å². The highest BCUT2D eigenvalue weighted by Gasteiger charge is 2.41. The molecule has 2 unspecified atom stereocenters. The number of carbonyl (C=O) groups excluding carboxylic acids is 1. The Labute approximate surface area is 275 Å². The molecule has 2 N–H and O–H groups in total. The van der Waals surface area contributed by atoms with Crippen LogP contribution in [0.15, 0.2) is 67.3 Å². The van der Waals surface area contributed by atoms with Crippen molar-refractivity contribution in [1.29, 1.82) is 5.26 Å². The molecule has 2 saturated heterocycles. The maximum absolute atomic E-state index is 13.8. The van der Waals surface area contributed by atoms with Crippen LogP contribution in [0.3, 0.4) is 0 Å². The van der Waals surface area contributed by atoms with Crippen molar-refractivity contribution in [2.45, 2.75) is 56.8 Å². The standard InChI is InChI=1S/C35H41N11O/c1-43-21-26-14-15-45(31(26)23-43)33-27(16-36)19-38-34(42-33)41-29-9-11-30(12-10-29)46(35(47)39-17-24-6-4-3-5-7-24)32-13-8-25(18-37-32)28-20-40-44(2)22-28/h3-8,13,18-20,22,26,29-31H,9-12,14-15,17,21,23H2,1-2H3,(H,39,47)(H,38,41,42)/t26?,29-,30-,31?. The quantitative estimate of drug-likeness (QED) is 0.290. The number of fused-ring (bicyclic) bond motifs is 1. The van der Waals surface area contributed by atoms with Gasteiger partial charge in [0, 0.05) is 74.9 Å². The molecule has 1 aromatic carbocycles. The van der Waals surface area contributed by atoms with Crippen molar-refractivity contribution in [2.75, 3.05) is 41.8 Å². The number of hydrogen-bond acceptors (Lipinski definition) is 9. The molecule has 47 heavy (non-hydrogen) atoms. The second-order valence-electron chi connectivity index (χ2n) is 13.0. The van der Waals surface area contributed by atoms with Crippen LogP contribution >= 0.6 is 0 Å². The third-order valence-electron chi connectivity index (χ3n) is 9.82. The Morgan fingerprint density at radius 2 is 1.81 bits per heavy atom. The minimum absolute atomic E-state index is 0.0149. The van der Waals surface area contributed by atoms with E-state index in [0.29, 0.717) is 35.8 Å². The van der Waals surface area contributed by atoms with E-state index in [9.17, 15) is 10.1 Å². The first-order chi connectivity index (χ1) is 22.9. The summed E-state index contributed by atoms with van der Waals surface area (Å²) in [6, 6.07) is 16.5. The van der Waals surface area contributed by atoms with Gasteiger partial charge in [-0.1, -0.05) is 30.3 Å². The van der Waals surface area contributed by atoms with Crippen LogP contribution < -0.4 is 20.4 Å². The van der Waals surface area contributed by atoms with E-state index in [1.807, 2.05) is 73.0 Å². The maximum Gasteiger partial charge on any atom is 0.323 e. The summed E-state index contributed by atoms with van der Waals surface area (Å²) in [5.41, 5.74) is 3.49. The maximum atomic E-state index is 13.8. The first-order valence-corrected chi connectivity index (χ1v) is 16.5. The average molecular weight is 632 g/mol. The van der Waals surface area contributed by atoms with Crippen LogP contribution in [0.5, 0.6) is 0 Å². The van der Waals surface area contributed by atoms with Crippen LogP contribution in [0, 0.1) is 17.2 Å². The van der Waals surface area contributed by atoms with Crippen LogP contribution in [0.2, 0.25) is 0 Å². The Hall–Kier alpha value is -5.02. The molecular weight excluding hydrogens is 590 g/mol. The number of nitriles is 1. The molecule has 3 fully saturated rings. The highest BCUT2D eigenvalue weighted by molar-refractivity contribution is 5.91. The number of hydrogen-bond donors (Lipinski definition) is 2. The molecule has 242 valence electrons. The van der Waals surface area contributed by atoms with Crippen LogP contribution in [-0.2, 0) is 13.6 Å². The van der Waals surface area contributed by atoms with Gasteiger partial charge in [0.2, 0.25) is 5.95 Å². The van der Waals surface area contributed by atoms with Crippen LogP contribution in [0.4, 0.5) is 22.4 Å². The highest BCUT2D eigenvalue weighted by Crippen LogP contribution is 2.36. The van der Waals surface area contributed by atoms with Crippen molar-refractivity contribution in [3.05, 3.63) is 78.4 Å².